The number of nitrogens with one attached hydrogen (secondary N) is 3. The molecule has 4 amide bonds. The molecule has 9 nitrogen and oxygen atoms in total. The Hall–Kier alpha value is -4.40. The maximum atomic E-state index is 13.1. The van der Waals surface area contributed by atoms with Crippen molar-refractivity contribution in [2.75, 3.05) is 0 Å². The van der Waals surface area contributed by atoms with Gasteiger partial charge in [0.05, 0.1) is 0 Å². The number of fused-ring (bicyclic) bond motifs is 1. The molecular formula is C23H20N4O5. The number of carbonyl (C=O) groups excluding carboxylic acids is 2. The molecule has 3 N–H and O–H groups in total. The number of rotatable bonds is 7. The molecule has 3 aromatic rings. The lowest BCUT2D eigenvalue weighted by Crippen LogP contribution is -2.67. The standard InChI is InChI=1S/C23H20N4O5/c28-21-24-19-20(26-21)27(22(29)25-19)23(30-16-10-4-1-5-11-16,31-17-12-6-2-7-13-17)32-18-14-8-3-9-15-18/h1-15,19-20H,(H,25,29)(H2,24,26,28). The zero-order valence-corrected chi connectivity index (χ0v) is 16.8. The zero-order valence-electron chi connectivity index (χ0n) is 16.8. The van der Waals surface area contributed by atoms with Crippen molar-refractivity contribution in [3.8, 4) is 17.2 Å². The fourth-order valence-electron chi connectivity index (χ4n) is 3.55. The van der Waals surface area contributed by atoms with Crippen molar-refractivity contribution in [2.45, 2.75) is 18.4 Å². The molecule has 0 saturated carbocycles. The van der Waals surface area contributed by atoms with Gasteiger partial charge in [-0.25, -0.2) is 9.59 Å². The van der Waals surface area contributed by atoms with Crippen LogP contribution in [0.4, 0.5) is 9.59 Å². The Balaban J connectivity index is 1.63. The molecule has 0 aromatic heterocycles. The number of para-hydroxylation sites is 3. The first-order chi connectivity index (χ1) is 15.6. The topological polar surface area (TPSA) is 101 Å². The van der Waals surface area contributed by atoms with E-state index in [1.54, 1.807) is 72.8 Å². The SMILES string of the molecule is O=C1NC2NC(=O)N(C(Oc3ccccc3)(Oc3ccccc3)Oc3ccccc3)C2N1. The largest absolute Gasteiger partial charge is 0.525 e. The van der Waals surface area contributed by atoms with Gasteiger partial charge in [-0.2, -0.15) is 4.90 Å². The normalized spacial score (nSPS) is 19.4. The van der Waals surface area contributed by atoms with Crippen LogP contribution >= 0.6 is 0 Å². The number of amides is 4. The van der Waals surface area contributed by atoms with Crippen molar-refractivity contribution in [2.24, 2.45) is 0 Å². The molecule has 0 bridgehead atoms. The van der Waals surface area contributed by atoms with E-state index < -0.39 is 30.5 Å². The molecule has 2 saturated heterocycles. The number of hydrogen-bond donors (Lipinski definition) is 3. The highest BCUT2D eigenvalue weighted by atomic mass is 16.9. The smallest absolute Gasteiger partial charge is 0.402 e. The second-order valence-corrected chi connectivity index (χ2v) is 7.13. The molecule has 2 heterocycles. The number of benzene rings is 3. The summed E-state index contributed by atoms with van der Waals surface area (Å²) in [6.07, 6.45) is -3.61. The van der Waals surface area contributed by atoms with Crippen LogP contribution < -0.4 is 30.2 Å². The minimum atomic E-state index is -2.09. The molecular weight excluding hydrogens is 412 g/mol. The third kappa shape index (κ3) is 3.71. The molecule has 9 heteroatoms. The summed E-state index contributed by atoms with van der Waals surface area (Å²) in [6, 6.07) is 25.6. The highest BCUT2D eigenvalue weighted by molar-refractivity contribution is 5.85. The molecule has 2 aliphatic heterocycles. The van der Waals surface area contributed by atoms with Gasteiger partial charge in [0.1, 0.15) is 23.4 Å². The summed E-state index contributed by atoms with van der Waals surface area (Å²) in [4.78, 5) is 26.3. The average Bonchev–Trinajstić information content (AvgIpc) is 3.29. The molecule has 2 unspecified atom stereocenters. The van der Waals surface area contributed by atoms with E-state index in [4.69, 9.17) is 14.2 Å². The van der Waals surface area contributed by atoms with E-state index in [0.29, 0.717) is 17.2 Å². The lowest BCUT2D eigenvalue weighted by molar-refractivity contribution is -0.329. The zero-order chi connectivity index (χ0) is 22.0. The maximum Gasteiger partial charge on any atom is 0.525 e. The predicted molar refractivity (Wildman–Crippen MR) is 114 cm³/mol. The van der Waals surface area contributed by atoms with Gasteiger partial charge < -0.3 is 30.2 Å². The molecule has 2 aliphatic rings. The summed E-state index contributed by atoms with van der Waals surface area (Å²) < 4.78 is 18.7. The van der Waals surface area contributed by atoms with Crippen LogP contribution in [0.25, 0.3) is 0 Å². The first-order valence-corrected chi connectivity index (χ1v) is 10.0. The number of hydrogen-bond acceptors (Lipinski definition) is 5. The Labute approximate surface area is 183 Å². The summed E-state index contributed by atoms with van der Waals surface area (Å²) >= 11 is 0. The summed E-state index contributed by atoms with van der Waals surface area (Å²) in [7, 11) is 0. The molecule has 0 aliphatic carbocycles. The molecule has 3 aromatic carbocycles. The average molecular weight is 432 g/mol. The first kappa shape index (κ1) is 19.6. The Morgan fingerprint density at radius 1 is 0.625 bits per heavy atom. The molecule has 2 atom stereocenters. The van der Waals surface area contributed by atoms with Crippen molar-refractivity contribution in [3.05, 3.63) is 91.0 Å². The monoisotopic (exact) mass is 432 g/mol. The molecule has 0 spiro atoms. The van der Waals surface area contributed by atoms with Crippen molar-refractivity contribution in [1.29, 1.82) is 0 Å². The van der Waals surface area contributed by atoms with Crippen molar-refractivity contribution in [1.82, 2.24) is 20.9 Å². The first-order valence-electron chi connectivity index (χ1n) is 10.0. The lowest BCUT2D eigenvalue weighted by atomic mass is 10.3. The molecule has 32 heavy (non-hydrogen) atoms. The van der Waals surface area contributed by atoms with E-state index in [1.807, 2.05) is 18.2 Å². The fourth-order valence-corrected chi connectivity index (χ4v) is 3.55. The lowest BCUT2D eigenvalue weighted by Gasteiger charge is -2.40. The number of nitrogens with zero attached hydrogens (tertiary/aromatic N) is 1. The van der Waals surface area contributed by atoms with E-state index in [0.717, 1.165) is 0 Å². The molecule has 0 radical (unpaired) electrons. The van der Waals surface area contributed by atoms with Crippen LogP contribution in [0.5, 0.6) is 17.2 Å². The minimum absolute atomic E-state index is 0.396. The second kappa shape index (κ2) is 8.03. The maximum absolute atomic E-state index is 13.1. The molecule has 2 fully saturated rings. The van der Waals surface area contributed by atoms with E-state index in [9.17, 15) is 9.59 Å². The van der Waals surface area contributed by atoms with Gasteiger partial charge in [-0.15, -0.1) is 0 Å². The summed E-state index contributed by atoms with van der Waals surface area (Å²) in [5.74, 6) is 1.19. The third-order valence-corrected chi connectivity index (χ3v) is 4.92. The van der Waals surface area contributed by atoms with Crippen LogP contribution in [0.3, 0.4) is 0 Å². The van der Waals surface area contributed by atoms with Crippen LogP contribution in [0.1, 0.15) is 0 Å². The van der Waals surface area contributed by atoms with Gasteiger partial charge in [-0.1, -0.05) is 54.6 Å². The van der Waals surface area contributed by atoms with Crippen LogP contribution in [0, 0.1) is 0 Å². The van der Waals surface area contributed by atoms with Crippen molar-refractivity contribution >= 4 is 12.1 Å². The van der Waals surface area contributed by atoms with Gasteiger partial charge >= 0.3 is 18.2 Å². The van der Waals surface area contributed by atoms with E-state index in [-0.39, 0.29) is 0 Å². The Morgan fingerprint density at radius 3 is 1.50 bits per heavy atom. The predicted octanol–water partition coefficient (Wildman–Crippen LogP) is 2.82. The quantitative estimate of drug-likeness (QED) is 0.499. The summed E-state index contributed by atoms with van der Waals surface area (Å²) in [5, 5.41) is 8.07. The van der Waals surface area contributed by atoms with Gasteiger partial charge in [-0.05, 0) is 36.4 Å². The van der Waals surface area contributed by atoms with Gasteiger partial charge in [0, 0.05) is 0 Å². The Morgan fingerprint density at radius 2 is 1.06 bits per heavy atom. The summed E-state index contributed by atoms with van der Waals surface area (Å²) in [6.45, 7) is 0. The molecule has 5 rings (SSSR count). The number of carbonyl (C=O) groups is 2. The van der Waals surface area contributed by atoms with E-state index in [2.05, 4.69) is 16.0 Å². The van der Waals surface area contributed by atoms with Crippen LogP contribution in [0.15, 0.2) is 91.0 Å². The van der Waals surface area contributed by atoms with E-state index in [1.165, 1.54) is 4.90 Å². The minimum Gasteiger partial charge on any atom is -0.402 e. The summed E-state index contributed by atoms with van der Waals surface area (Å²) in [5.41, 5.74) is 0. The van der Waals surface area contributed by atoms with Gasteiger partial charge in [-0.3, -0.25) is 0 Å². The second-order valence-electron chi connectivity index (χ2n) is 7.13. The van der Waals surface area contributed by atoms with Crippen molar-refractivity contribution < 1.29 is 23.8 Å². The van der Waals surface area contributed by atoms with Gasteiger partial charge in [0.2, 0.25) is 0 Å². The fraction of sp³-hybridized carbons (Fsp3) is 0.130. The van der Waals surface area contributed by atoms with Crippen LogP contribution in [-0.2, 0) is 0 Å². The van der Waals surface area contributed by atoms with Gasteiger partial charge in [0.15, 0.2) is 6.17 Å². The van der Waals surface area contributed by atoms with E-state index >= 15 is 0 Å². The number of ether oxygens (including phenoxy) is 3. The highest BCUT2D eigenvalue weighted by Gasteiger charge is 2.60. The molecule has 162 valence electrons. The van der Waals surface area contributed by atoms with Crippen LogP contribution in [0.2, 0.25) is 0 Å². The third-order valence-electron chi connectivity index (χ3n) is 4.92. The van der Waals surface area contributed by atoms with Crippen molar-refractivity contribution in [3.63, 3.8) is 0 Å². The van der Waals surface area contributed by atoms with Crippen LogP contribution in [-0.4, -0.2) is 35.4 Å². The Kier molecular flexibility index (Phi) is 4.91. The Bertz CT molecular complexity index is 996. The number of urea groups is 2. The highest BCUT2D eigenvalue weighted by Crippen LogP contribution is 2.33. The van der Waals surface area contributed by atoms with Gasteiger partial charge in [0.25, 0.3) is 0 Å².